The monoisotopic (exact) mass is 228 g/mol. The second-order valence-electron chi connectivity index (χ2n) is 2.71. The van der Waals surface area contributed by atoms with Gasteiger partial charge >= 0.3 is 21.3 Å². The molecule has 7 heteroatoms. The molecule has 1 N–H and O–H groups in total. The number of hydrogen-bond donors (Lipinski definition) is 1. The minimum Gasteiger partial charge on any atom is -0.413 e. The van der Waals surface area contributed by atoms with Gasteiger partial charge in [-0.05, 0) is 6.42 Å². The quantitative estimate of drug-likeness (QED) is 0.565. The Balaban J connectivity index is 4.83. The summed E-state index contributed by atoms with van der Waals surface area (Å²) >= 11 is 0. The normalized spacial score (nSPS) is 16.0. The number of rotatable bonds is 5. The van der Waals surface area contributed by atoms with Crippen LogP contribution < -0.4 is 0 Å². The fourth-order valence-electron chi connectivity index (χ4n) is 0.773. The Morgan fingerprint density at radius 1 is 1.50 bits per heavy atom. The maximum atomic E-state index is 13.5. The predicted molar refractivity (Wildman–Crippen MR) is 46.7 cm³/mol. The highest BCUT2D eigenvalue weighted by Gasteiger charge is 2.46. The Morgan fingerprint density at radius 2 is 2.00 bits per heavy atom. The molecule has 0 amide bonds. The zero-order valence-electron chi connectivity index (χ0n) is 7.99. The lowest BCUT2D eigenvalue weighted by atomic mass is 10.3. The molecule has 0 aromatic heterocycles. The van der Waals surface area contributed by atoms with E-state index in [9.17, 15) is 17.6 Å². The lowest BCUT2D eigenvalue weighted by Crippen LogP contribution is -2.38. The Bertz CT molecular complexity index is 299. The minimum atomic E-state index is -5.04. The molecule has 0 heterocycles. The van der Waals surface area contributed by atoms with Gasteiger partial charge in [0.15, 0.2) is 0 Å². The van der Waals surface area contributed by atoms with Crippen molar-refractivity contribution in [3.05, 3.63) is 0 Å². The summed E-state index contributed by atoms with van der Waals surface area (Å²) in [5.74, 6) is -1.02. The summed E-state index contributed by atoms with van der Waals surface area (Å²) in [4.78, 5) is 10.7. The summed E-state index contributed by atoms with van der Waals surface area (Å²) in [5, 5.41) is -3.31. The van der Waals surface area contributed by atoms with Gasteiger partial charge in [0, 0.05) is 12.8 Å². The molecule has 1 unspecified atom stereocenters. The van der Waals surface area contributed by atoms with Crippen LogP contribution in [0.4, 0.5) is 4.39 Å². The molecule has 0 aliphatic rings. The van der Waals surface area contributed by atoms with E-state index in [1.807, 2.05) is 0 Å². The standard InChI is InChI=1S/C7H13FO5S/c1-3-5-7(8,14(10,11)12)13-6(9)4-2/h3-5H2,1-2H3,(H,10,11,12). The van der Waals surface area contributed by atoms with Crippen molar-refractivity contribution in [3.8, 4) is 0 Å². The first-order valence-electron chi connectivity index (χ1n) is 4.14. The van der Waals surface area contributed by atoms with Gasteiger partial charge < -0.3 is 4.74 Å². The molecule has 14 heavy (non-hydrogen) atoms. The minimum absolute atomic E-state index is 0.118. The van der Waals surface area contributed by atoms with Crippen LogP contribution in [0, 0.1) is 0 Å². The van der Waals surface area contributed by atoms with Crippen LogP contribution in [0.5, 0.6) is 0 Å². The molecule has 0 aliphatic heterocycles. The lowest BCUT2D eigenvalue weighted by molar-refractivity contribution is -0.166. The van der Waals surface area contributed by atoms with E-state index < -0.39 is 27.7 Å². The molecule has 0 radical (unpaired) electrons. The molecular weight excluding hydrogens is 215 g/mol. The molecule has 0 saturated carbocycles. The Kier molecular flexibility index (Phi) is 4.47. The largest absolute Gasteiger partial charge is 0.413 e. The van der Waals surface area contributed by atoms with Gasteiger partial charge in [-0.3, -0.25) is 9.35 Å². The number of halogens is 1. The Hall–Kier alpha value is -0.690. The number of hydrogen-bond acceptors (Lipinski definition) is 4. The molecule has 0 aliphatic carbocycles. The molecule has 0 aromatic rings. The first kappa shape index (κ1) is 13.3. The van der Waals surface area contributed by atoms with Crippen LogP contribution in [-0.2, 0) is 19.6 Å². The molecule has 84 valence electrons. The van der Waals surface area contributed by atoms with Crippen molar-refractivity contribution >= 4 is 16.1 Å². The number of carbonyl (C=O) groups is 1. The molecular formula is C7H13FO5S. The van der Waals surface area contributed by atoms with Crippen LogP contribution >= 0.6 is 0 Å². The third-order valence-electron chi connectivity index (χ3n) is 1.49. The van der Waals surface area contributed by atoms with Gasteiger partial charge in [0.05, 0.1) is 0 Å². The molecule has 0 fully saturated rings. The van der Waals surface area contributed by atoms with Crippen LogP contribution in [-0.4, -0.2) is 24.1 Å². The number of ether oxygens (including phenoxy) is 1. The van der Waals surface area contributed by atoms with Crippen molar-refractivity contribution in [1.82, 2.24) is 0 Å². The van der Waals surface area contributed by atoms with E-state index >= 15 is 0 Å². The summed E-state index contributed by atoms with van der Waals surface area (Å²) in [6.07, 6.45) is -0.629. The number of alkyl halides is 1. The smallest absolute Gasteiger partial charge is 0.376 e. The van der Waals surface area contributed by atoms with Gasteiger partial charge in [0.2, 0.25) is 0 Å². The Morgan fingerprint density at radius 3 is 2.29 bits per heavy atom. The van der Waals surface area contributed by atoms with Crippen molar-refractivity contribution in [2.24, 2.45) is 0 Å². The van der Waals surface area contributed by atoms with E-state index in [-0.39, 0.29) is 12.8 Å². The van der Waals surface area contributed by atoms with E-state index in [1.54, 1.807) is 0 Å². The second kappa shape index (κ2) is 4.70. The van der Waals surface area contributed by atoms with Gasteiger partial charge in [-0.1, -0.05) is 13.8 Å². The molecule has 1 atom stereocenters. The van der Waals surface area contributed by atoms with Gasteiger partial charge in [-0.15, -0.1) is 0 Å². The first-order chi connectivity index (χ1) is 6.27. The average molecular weight is 228 g/mol. The second-order valence-corrected chi connectivity index (χ2v) is 4.27. The molecule has 0 saturated heterocycles. The van der Waals surface area contributed by atoms with E-state index in [2.05, 4.69) is 4.74 Å². The first-order valence-corrected chi connectivity index (χ1v) is 5.58. The predicted octanol–water partition coefficient (Wildman–Crippen LogP) is 1.25. The van der Waals surface area contributed by atoms with Crippen LogP contribution in [0.2, 0.25) is 0 Å². The van der Waals surface area contributed by atoms with Crippen LogP contribution in [0.3, 0.4) is 0 Å². The zero-order valence-corrected chi connectivity index (χ0v) is 8.80. The van der Waals surface area contributed by atoms with Crippen molar-refractivity contribution in [1.29, 1.82) is 0 Å². The van der Waals surface area contributed by atoms with Gasteiger partial charge in [0.1, 0.15) is 0 Å². The molecule has 0 aromatic carbocycles. The molecule has 5 nitrogen and oxygen atoms in total. The summed E-state index contributed by atoms with van der Waals surface area (Å²) in [7, 11) is -5.04. The summed E-state index contributed by atoms with van der Waals surface area (Å²) in [5.41, 5.74) is 0. The van der Waals surface area contributed by atoms with Gasteiger partial charge in [-0.2, -0.15) is 12.8 Å². The SMILES string of the molecule is CCCC(F)(OC(=O)CC)S(=O)(=O)O. The lowest BCUT2D eigenvalue weighted by Gasteiger charge is -2.20. The van der Waals surface area contributed by atoms with E-state index in [0.29, 0.717) is 0 Å². The van der Waals surface area contributed by atoms with Crippen LogP contribution in [0.25, 0.3) is 0 Å². The van der Waals surface area contributed by atoms with Crippen molar-refractivity contribution in [3.63, 3.8) is 0 Å². The van der Waals surface area contributed by atoms with Crippen molar-refractivity contribution in [2.75, 3.05) is 0 Å². The van der Waals surface area contributed by atoms with E-state index in [0.717, 1.165) is 0 Å². The summed E-state index contributed by atoms with van der Waals surface area (Å²) in [6.45, 7) is 2.89. The van der Waals surface area contributed by atoms with Crippen LogP contribution in [0.15, 0.2) is 0 Å². The fourth-order valence-corrected chi connectivity index (χ4v) is 1.43. The highest BCUT2D eigenvalue weighted by atomic mass is 32.2. The van der Waals surface area contributed by atoms with Gasteiger partial charge in [-0.25, -0.2) is 0 Å². The third-order valence-corrected chi connectivity index (χ3v) is 2.55. The molecule has 0 bridgehead atoms. The van der Waals surface area contributed by atoms with Crippen LogP contribution in [0.1, 0.15) is 33.1 Å². The molecule has 0 spiro atoms. The van der Waals surface area contributed by atoms with Crippen molar-refractivity contribution < 1.29 is 26.9 Å². The van der Waals surface area contributed by atoms with E-state index in [1.165, 1.54) is 13.8 Å². The highest BCUT2D eigenvalue weighted by molar-refractivity contribution is 7.86. The topological polar surface area (TPSA) is 80.7 Å². The average Bonchev–Trinajstić information content (AvgIpc) is 2.02. The number of esters is 1. The molecule has 0 rings (SSSR count). The summed E-state index contributed by atoms with van der Waals surface area (Å²) in [6, 6.07) is 0. The van der Waals surface area contributed by atoms with Crippen molar-refractivity contribution in [2.45, 2.75) is 38.3 Å². The third kappa shape index (κ3) is 3.22. The Labute approximate surface area is 82.0 Å². The summed E-state index contributed by atoms with van der Waals surface area (Å²) < 4.78 is 47.2. The van der Waals surface area contributed by atoms with E-state index in [4.69, 9.17) is 4.55 Å². The van der Waals surface area contributed by atoms with Gasteiger partial charge in [0.25, 0.3) is 0 Å². The maximum Gasteiger partial charge on any atom is 0.376 e. The fraction of sp³-hybridized carbons (Fsp3) is 0.857. The maximum absolute atomic E-state index is 13.5. The number of carbonyl (C=O) groups excluding carboxylic acids is 1. The zero-order chi connectivity index (χ0) is 11.4. The highest BCUT2D eigenvalue weighted by Crippen LogP contribution is 2.26.